The molecular weight excluding hydrogens is 302 g/mol. The summed E-state index contributed by atoms with van der Waals surface area (Å²) in [7, 11) is 3.45. The molecule has 0 aliphatic heterocycles. The highest BCUT2D eigenvalue weighted by atomic mass is 16.2. The van der Waals surface area contributed by atoms with E-state index in [1.165, 1.54) is 12.6 Å². The number of quaternary nitrogens is 1. The van der Waals surface area contributed by atoms with E-state index < -0.39 is 12.1 Å². The molecule has 2 aromatic carbocycles. The van der Waals surface area contributed by atoms with Crippen molar-refractivity contribution in [2.45, 2.75) is 19.5 Å². The normalized spacial score (nSPS) is 13.0. The van der Waals surface area contributed by atoms with E-state index in [1.807, 2.05) is 44.3 Å². The van der Waals surface area contributed by atoms with Gasteiger partial charge in [-0.1, -0.05) is 60.2 Å². The van der Waals surface area contributed by atoms with E-state index in [4.69, 9.17) is 0 Å². The number of carbonyl (C=O) groups excluding carboxylic acids is 2. The third-order valence-electron chi connectivity index (χ3n) is 3.96. The Balaban J connectivity index is 2.22. The first-order chi connectivity index (χ1) is 11.5. The van der Waals surface area contributed by atoms with E-state index in [0.717, 1.165) is 16.0 Å². The minimum atomic E-state index is -0.496. The maximum atomic E-state index is 12.6. The maximum Gasteiger partial charge on any atom is 0.321 e. The van der Waals surface area contributed by atoms with Gasteiger partial charge >= 0.3 is 6.03 Å². The molecule has 5 nitrogen and oxygen atoms in total. The summed E-state index contributed by atoms with van der Waals surface area (Å²) in [5, 5.41) is 4.81. The highest BCUT2D eigenvalue weighted by molar-refractivity contribution is 5.96. The predicted molar refractivity (Wildman–Crippen MR) is 93.6 cm³/mol. The fourth-order valence-corrected chi connectivity index (χ4v) is 2.68. The molecule has 3 amide bonds. The Bertz CT molecular complexity index is 684. The summed E-state index contributed by atoms with van der Waals surface area (Å²) in [5.41, 5.74) is 3.23. The zero-order valence-electron chi connectivity index (χ0n) is 14.3. The summed E-state index contributed by atoms with van der Waals surface area (Å²) >= 11 is 0. The highest BCUT2D eigenvalue weighted by Crippen LogP contribution is 2.10. The molecule has 0 saturated carbocycles. The van der Waals surface area contributed by atoms with Crippen molar-refractivity contribution in [1.29, 1.82) is 0 Å². The average molecular weight is 326 g/mol. The summed E-state index contributed by atoms with van der Waals surface area (Å²) in [4.78, 5) is 25.1. The van der Waals surface area contributed by atoms with Gasteiger partial charge in [-0.3, -0.25) is 10.1 Å². The molecule has 24 heavy (non-hydrogen) atoms. The molecule has 0 spiro atoms. The quantitative estimate of drug-likeness (QED) is 0.773. The lowest BCUT2D eigenvalue weighted by atomic mass is 10.0. The van der Waals surface area contributed by atoms with Gasteiger partial charge in [0, 0.05) is 18.2 Å². The van der Waals surface area contributed by atoms with Crippen molar-refractivity contribution in [2.24, 2.45) is 0 Å². The average Bonchev–Trinajstić information content (AvgIpc) is 2.58. The maximum absolute atomic E-state index is 12.6. The van der Waals surface area contributed by atoms with E-state index in [1.54, 1.807) is 0 Å². The first-order valence-electron chi connectivity index (χ1n) is 7.96. The lowest BCUT2D eigenvalue weighted by Crippen LogP contribution is -3.09. The van der Waals surface area contributed by atoms with E-state index in [0.29, 0.717) is 6.54 Å². The fraction of sp³-hybridized carbons (Fsp3) is 0.263. The van der Waals surface area contributed by atoms with Gasteiger partial charge in [0.25, 0.3) is 5.91 Å². The predicted octanol–water partition coefficient (Wildman–Crippen LogP) is 1.21. The van der Waals surface area contributed by atoms with Crippen LogP contribution in [0.1, 0.15) is 22.7 Å². The molecule has 0 heterocycles. The molecule has 126 valence electrons. The number of rotatable bonds is 5. The summed E-state index contributed by atoms with van der Waals surface area (Å²) < 4.78 is 0. The van der Waals surface area contributed by atoms with Gasteiger partial charge in [0.05, 0.1) is 7.05 Å². The lowest BCUT2D eigenvalue weighted by molar-refractivity contribution is -0.916. The second-order valence-corrected chi connectivity index (χ2v) is 5.92. The van der Waals surface area contributed by atoms with Gasteiger partial charge in [0.2, 0.25) is 0 Å². The van der Waals surface area contributed by atoms with Crippen LogP contribution in [0.2, 0.25) is 0 Å². The SMILES string of the molecule is CNC(=O)NC(=O)[C@@H](c1ccccc1)[NH+](C)Cc1ccc(C)cc1. The minimum absolute atomic E-state index is 0.315. The summed E-state index contributed by atoms with van der Waals surface area (Å²) in [5.74, 6) is -0.315. The van der Waals surface area contributed by atoms with E-state index in [2.05, 4.69) is 34.9 Å². The molecule has 5 heteroatoms. The number of nitrogens with one attached hydrogen (secondary N) is 3. The van der Waals surface area contributed by atoms with Crippen LogP contribution in [-0.2, 0) is 11.3 Å². The molecule has 0 radical (unpaired) electrons. The van der Waals surface area contributed by atoms with Crippen LogP contribution in [-0.4, -0.2) is 26.0 Å². The Hall–Kier alpha value is -2.66. The fourth-order valence-electron chi connectivity index (χ4n) is 2.68. The number of aryl methyl sites for hydroxylation is 1. The highest BCUT2D eigenvalue weighted by Gasteiger charge is 2.30. The van der Waals surface area contributed by atoms with Crippen LogP contribution in [0.25, 0.3) is 0 Å². The van der Waals surface area contributed by atoms with Crippen molar-refractivity contribution in [3.8, 4) is 0 Å². The van der Waals surface area contributed by atoms with Crippen LogP contribution in [0.15, 0.2) is 54.6 Å². The van der Waals surface area contributed by atoms with Gasteiger partial charge in [-0.25, -0.2) is 4.79 Å². The Morgan fingerprint density at radius 2 is 1.67 bits per heavy atom. The molecule has 2 atom stereocenters. The van der Waals surface area contributed by atoms with E-state index in [9.17, 15) is 9.59 Å². The van der Waals surface area contributed by atoms with E-state index >= 15 is 0 Å². The number of hydrogen-bond acceptors (Lipinski definition) is 2. The molecule has 2 rings (SSSR count). The van der Waals surface area contributed by atoms with Crippen molar-refractivity contribution in [2.75, 3.05) is 14.1 Å². The molecule has 0 saturated heterocycles. The number of carbonyl (C=O) groups is 2. The molecular formula is C19H24N3O2+. The second-order valence-electron chi connectivity index (χ2n) is 5.92. The van der Waals surface area contributed by atoms with Gasteiger partial charge in [-0.2, -0.15) is 0 Å². The number of likely N-dealkylation sites (N-methyl/N-ethyl adjacent to an activating group) is 1. The second kappa shape index (κ2) is 8.26. The van der Waals surface area contributed by atoms with Crippen LogP contribution in [0.4, 0.5) is 4.79 Å². The van der Waals surface area contributed by atoms with Crippen LogP contribution in [0.3, 0.4) is 0 Å². The van der Waals surface area contributed by atoms with Crippen LogP contribution in [0, 0.1) is 6.92 Å². The Labute approximate surface area is 142 Å². The number of hydrogen-bond donors (Lipinski definition) is 3. The monoisotopic (exact) mass is 326 g/mol. The summed E-state index contributed by atoms with van der Waals surface area (Å²) in [6, 6.07) is 16.8. The van der Waals surface area contributed by atoms with Crippen molar-refractivity contribution < 1.29 is 14.5 Å². The van der Waals surface area contributed by atoms with Crippen molar-refractivity contribution in [3.05, 3.63) is 71.3 Å². The van der Waals surface area contributed by atoms with Crippen molar-refractivity contribution in [1.82, 2.24) is 10.6 Å². The number of urea groups is 1. The van der Waals surface area contributed by atoms with Crippen molar-refractivity contribution in [3.63, 3.8) is 0 Å². The van der Waals surface area contributed by atoms with Crippen LogP contribution >= 0.6 is 0 Å². The zero-order chi connectivity index (χ0) is 17.5. The third kappa shape index (κ3) is 4.67. The molecule has 0 fully saturated rings. The van der Waals surface area contributed by atoms with Crippen LogP contribution < -0.4 is 15.5 Å². The smallest absolute Gasteiger partial charge is 0.321 e. The van der Waals surface area contributed by atoms with Gasteiger partial charge < -0.3 is 10.2 Å². The molecule has 2 aromatic rings. The van der Waals surface area contributed by atoms with Gasteiger partial charge in [0.1, 0.15) is 6.54 Å². The molecule has 0 bridgehead atoms. The van der Waals surface area contributed by atoms with Crippen molar-refractivity contribution >= 4 is 11.9 Å². The number of imide groups is 1. The standard InChI is InChI=1S/C19H23N3O2/c1-14-9-11-15(12-10-14)13-22(3)17(16-7-5-4-6-8-16)18(23)21-19(24)20-2/h4-12,17H,13H2,1-3H3,(H2,20,21,23,24)/p+1/t17-/m1/s1. The Morgan fingerprint density at radius 1 is 1.04 bits per heavy atom. The topological polar surface area (TPSA) is 62.6 Å². The third-order valence-corrected chi connectivity index (χ3v) is 3.96. The lowest BCUT2D eigenvalue weighted by Gasteiger charge is -2.24. The Kier molecular flexibility index (Phi) is 6.09. The van der Waals surface area contributed by atoms with Crippen LogP contribution in [0.5, 0.6) is 0 Å². The first kappa shape index (κ1) is 17.7. The molecule has 0 aromatic heterocycles. The van der Waals surface area contributed by atoms with E-state index in [-0.39, 0.29) is 5.91 Å². The van der Waals surface area contributed by atoms with Gasteiger partial charge in [-0.05, 0) is 6.92 Å². The van der Waals surface area contributed by atoms with Gasteiger partial charge in [0.15, 0.2) is 6.04 Å². The molecule has 0 aliphatic carbocycles. The Morgan fingerprint density at radius 3 is 2.25 bits per heavy atom. The summed E-state index contributed by atoms with van der Waals surface area (Å²) in [6.07, 6.45) is 0. The first-order valence-corrected chi connectivity index (χ1v) is 7.96. The molecule has 3 N–H and O–H groups in total. The molecule has 0 aliphatic rings. The number of amides is 3. The molecule has 1 unspecified atom stereocenters. The number of benzene rings is 2. The minimum Gasteiger partial charge on any atom is -0.341 e. The van der Waals surface area contributed by atoms with Gasteiger partial charge in [-0.15, -0.1) is 0 Å². The zero-order valence-corrected chi connectivity index (χ0v) is 14.3. The summed E-state index contributed by atoms with van der Waals surface area (Å²) in [6.45, 7) is 2.73. The largest absolute Gasteiger partial charge is 0.341 e.